The number of hydrogen-bond acceptors (Lipinski definition) is 2. The first-order valence-corrected chi connectivity index (χ1v) is 3.37. The van der Waals surface area contributed by atoms with E-state index in [9.17, 15) is 0 Å². The van der Waals surface area contributed by atoms with E-state index in [0.29, 0.717) is 12.1 Å². The van der Waals surface area contributed by atoms with Gasteiger partial charge in [-0.1, -0.05) is 6.58 Å². The van der Waals surface area contributed by atoms with E-state index in [2.05, 4.69) is 31.1 Å². The third kappa shape index (κ3) is 1.32. The Balaban J connectivity index is 2.52. The largest absolute Gasteiger partial charge is 0.298 e. The number of rotatable bonds is 0. The fraction of sp³-hybridized carbons (Fsp3) is 0.714. The molecule has 0 aromatic carbocycles. The predicted molar refractivity (Wildman–Crippen MR) is 39.2 cm³/mol. The predicted octanol–water partition coefficient (Wildman–Crippen LogP) is 0.470. The van der Waals surface area contributed by atoms with Gasteiger partial charge in [-0.05, 0) is 19.4 Å². The van der Waals surface area contributed by atoms with Crippen molar-refractivity contribution in [1.82, 2.24) is 10.6 Å². The van der Waals surface area contributed by atoms with E-state index in [1.807, 2.05) is 0 Å². The van der Waals surface area contributed by atoms with E-state index in [1.165, 1.54) is 5.57 Å². The lowest BCUT2D eigenvalue weighted by atomic mass is 10.0. The standard InChI is InChI=1S/C7H14N2/c1-5-6(2)8-4-9-7(5)3/h6-9H,1,4H2,2-3H3. The number of hydrogen-bond donors (Lipinski definition) is 2. The second-order valence-electron chi connectivity index (χ2n) is 2.60. The molecular formula is C7H14N2. The molecule has 9 heavy (non-hydrogen) atoms. The Morgan fingerprint density at radius 1 is 1.33 bits per heavy atom. The second kappa shape index (κ2) is 2.50. The van der Waals surface area contributed by atoms with Crippen molar-refractivity contribution in [3.63, 3.8) is 0 Å². The van der Waals surface area contributed by atoms with Crippen LogP contribution in [0.2, 0.25) is 0 Å². The number of nitrogens with one attached hydrogen (secondary N) is 2. The lowest BCUT2D eigenvalue weighted by molar-refractivity contribution is 0.431. The molecular weight excluding hydrogens is 112 g/mol. The van der Waals surface area contributed by atoms with E-state index in [4.69, 9.17) is 0 Å². The monoisotopic (exact) mass is 126 g/mol. The highest BCUT2D eigenvalue weighted by atomic mass is 15.1. The van der Waals surface area contributed by atoms with Gasteiger partial charge in [0.15, 0.2) is 0 Å². The van der Waals surface area contributed by atoms with Crippen LogP contribution in [-0.4, -0.2) is 18.8 Å². The molecule has 0 saturated carbocycles. The van der Waals surface area contributed by atoms with Gasteiger partial charge >= 0.3 is 0 Å². The summed E-state index contributed by atoms with van der Waals surface area (Å²) in [6.45, 7) is 9.13. The van der Waals surface area contributed by atoms with Crippen molar-refractivity contribution in [3.05, 3.63) is 12.2 Å². The molecule has 0 radical (unpaired) electrons. The molecule has 0 aliphatic carbocycles. The molecule has 2 atom stereocenters. The molecule has 1 aliphatic rings. The van der Waals surface area contributed by atoms with Gasteiger partial charge in [0, 0.05) is 18.8 Å². The summed E-state index contributed by atoms with van der Waals surface area (Å²) in [5.41, 5.74) is 1.25. The molecule has 2 nitrogen and oxygen atoms in total. The lowest BCUT2D eigenvalue weighted by Gasteiger charge is -2.29. The van der Waals surface area contributed by atoms with Crippen LogP contribution < -0.4 is 10.6 Å². The molecule has 2 unspecified atom stereocenters. The van der Waals surface area contributed by atoms with Crippen molar-refractivity contribution in [1.29, 1.82) is 0 Å². The van der Waals surface area contributed by atoms with Crippen LogP contribution in [0.1, 0.15) is 13.8 Å². The highest BCUT2D eigenvalue weighted by Crippen LogP contribution is 2.07. The first kappa shape index (κ1) is 6.78. The maximum absolute atomic E-state index is 3.95. The average molecular weight is 126 g/mol. The molecule has 1 heterocycles. The van der Waals surface area contributed by atoms with Gasteiger partial charge in [-0.15, -0.1) is 0 Å². The van der Waals surface area contributed by atoms with Gasteiger partial charge < -0.3 is 0 Å². The quantitative estimate of drug-likeness (QED) is 0.461. The molecule has 2 heteroatoms. The van der Waals surface area contributed by atoms with E-state index < -0.39 is 0 Å². The highest BCUT2D eigenvalue weighted by molar-refractivity contribution is 5.13. The van der Waals surface area contributed by atoms with Crippen LogP contribution in [0, 0.1) is 0 Å². The minimum absolute atomic E-state index is 0.473. The van der Waals surface area contributed by atoms with Gasteiger partial charge in [-0.2, -0.15) is 0 Å². The summed E-state index contributed by atoms with van der Waals surface area (Å²) in [5.74, 6) is 0. The fourth-order valence-electron chi connectivity index (χ4n) is 1.00. The van der Waals surface area contributed by atoms with Crippen LogP contribution in [0.3, 0.4) is 0 Å². The summed E-state index contributed by atoms with van der Waals surface area (Å²) in [7, 11) is 0. The molecule has 0 spiro atoms. The topological polar surface area (TPSA) is 24.1 Å². The Morgan fingerprint density at radius 2 is 1.78 bits per heavy atom. The minimum atomic E-state index is 0.473. The van der Waals surface area contributed by atoms with Gasteiger partial charge in [-0.25, -0.2) is 0 Å². The van der Waals surface area contributed by atoms with Gasteiger partial charge in [0.25, 0.3) is 0 Å². The van der Waals surface area contributed by atoms with Crippen LogP contribution in [-0.2, 0) is 0 Å². The maximum atomic E-state index is 3.95. The molecule has 52 valence electrons. The van der Waals surface area contributed by atoms with Gasteiger partial charge in [0.05, 0.1) is 0 Å². The fourth-order valence-corrected chi connectivity index (χ4v) is 1.00. The molecule has 1 saturated heterocycles. The average Bonchev–Trinajstić information content (AvgIpc) is 1.83. The Bertz CT molecular complexity index is 108. The zero-order valence-corrected chi connectivity index (χ0v) is 6.07. The summed E-state index contributed by atoms with van der Waals surface area (Å²) in [4.78, 5) is 0. The van der Waals surface area contributed by atoms with Crippen LogP contribution in [0.4, 0.5) is 0 Å². The van der Waals surface area contributed by atoms with Crippen molar-refractivity contribution in [2.75, 3.05) is 6.67 Å². The maximum Gasteiger partial charge on any atom is 0.0463 e. The third-order valence-electron chi connectivity index (χ3n) is 1.93. The smallest absolute Gasteiger partial charge is 0.0463 e. The Labute approximate surface area is 56.3 Å². The normalized spacial score (nSPS) is 36.9. The second-order valence-corrected chi connectivity index (χ2v) is 2.60. The molecule has 0 amide bonds. The Morgan fingerprint density at radius 3 is 2.11 bits per heavy atom. The zero-order valence-electron chi connectivity index (χ0n) is 6.07. The molecule has 0 aromatic rings. The zero-order chi connectivity index (χ0) is 6.85. The molecule has 1 aliphatic heterocycles. The first-order chi connectivity index (χ1) is 4.22. The third-order valence-corrected chi connectivity index (χ3v) is 1.93. The van der Waals surface area contributed by atoms with Crippen LogP contribution in [0.15, 0.2) is 12.2 Å². The van der Waals surface area contributed by atoms with Crippen LogP contribution >= 0.6 is 0 Å². The van der Waals surface area contributed by atoms with Gasteiger partial charge in [-0.3, -0.25) is 10.6 Å². The van der Waals surface area contributed by atoms with Crippen molar-refractivity contribution in [3.8, 4) is 0 Å². The molecule has 0 aromatic heterocycles. The van der Waals surface area contributed by atoms with E-state index >= 15 is 0 Å². The first-order valence-electron chi connectivity index (χ1n) is 3.37. The Hall–Kier alpha value is -0.340. The lowest BCUT2D eigenvalue weighted by Crippen LogP contribution is -2.49. The van der Waals surface area contributed by atoms with Crippen molar-refractivity contribution >= 4 is 0 Å². The van der Waals surface area contributed by atoms with Crippen LogP contribution in [0.25, 0.3) is 0 Å². The minimum Gasteiger partial charge on any atom is -0.298 e. The van der Waals surface area contributed by atoms with E-state index in [-0.39, 0.29) is 0 Å². The summed E-state index contributed by atoms with van der Waals surface area (Å²) in [6.07, 6.45) is 0. The summed E-state index contributed by atoms with van der Waals surface area (Å²) in [5, 5.41) is 6.50. The van der Waals surface area contributed by atoms with Crippen molar-refractivity contribution in [2.45, 2.75) is 25.9 Å². The molecule has 1 fully saturated rings. The molecule has 2 N–H and O–H groups in total. The highest BCUT2D eigenvalue weighted by Gasteiger charge is 2.16. The Kier molecular flexibility index (Phi) is 1.88. The molecule has 0 bridgehead atoms. The van der Waals surface area contributed by atoms with Crippen molar-refractivity contribution < 1.29 is 0 Å². The summed E-state index contributed by atoms with van der Waals surface area (Å²) < 4.78 is 0. The molecule has 1 rings (SSSR count). The van der Waals surface area contributed by atoms with Crippen molar-refractivity contribution in [2.24, 2.45) is 0 Å². The van der Waals surface area contributed by atoms with E-state index in [1.54, 1.807) is 0 Å². The summed E-state index contributed by atoms with van der Waals surface area (Å²) >= 11 is 0. The SMILES string of the molecule is C=C1C(C)NCNC1C. The van der Waals surface area contributed by atoms with Crippen LogP contribution in [0.5, 0.6) is 0 Å². The summed E-state index contributed by atoms with van der Waals surface area (Å²) in [6, 6.07) is 0.947. The van der Waals surface area contributed by atoms with Gasteiger partial charge in [0.1, 0.15) is 0 Å². The van der Waals surface area contributed by atoms with E-state index in [0.717, 1.165) is 6.67 Å². The van der Waals surface area contributed by atoms with Gasteiger partial charge in [0.2, 0.25) is 0 Å².